The van der Waals surface area contributed by atoms with Gasteiger partial charge in [0, 0.05) is 13.6 Å². The van der Waals surface area contributed by atoms with E-state index in [1.807, 2.05) is 0 Å². The highest BCUT2D eigenvalue weighted by molar-refractivity contribution is 5.91. The number of carbonyl (C=O) groups is 1. The topological polar surface area (TPSA) is 74.7 Å². The number of anilines is 2. The van der Waals surface area contributed by atoms with Crippen molar-refractivity contribution in [2.45, 2.75) is 6.18 Å². The molecule has 2 aromatic rings. The fourth-order valence-electron chi connectivity index (χ4n) is 2.04. The zero-order valence-electron chi connectivity index (χ0n) is 14.0. The lowest BCUT2D eigenvalue weighted by molar-refractivity contribution is -0.137. The van der Waals surface area contributed by atoms with E-state index >= 15 is 0 Å². The summed E-state index contributed by atoms with van der Waals surface area (Å²) in [5.41, 5.74) is -0.334. The van der Waals surface area contributed by atoms with Gasteiger partial charge < -0.3 is 20.1 Å². The van der Waals surface area contributed by atoms with Gasteiger partial charge in [-0.15, -0.1) is 0 Å². The Kier molecular flexibility index (Phi) is 6.40. The number of alkyl halides is 3. The van der Waals surface area contributed by atoms with Crippen LogP contribution in [0.2, 0.25) is 0 Å². The van der Waals surface area contributed by atoms with E-state index in [0.29, 0.717) is 18.1 Å². The van der Waals surface area contributed by atoms with Crippen molar-refractivity contribution in [3.05, 3.63) is 48.2 Å². The highest BCUT2D eigenvalue weighted by Crippen LogP contribution is 2.30. The summed E-state index contributed by atoms with van der Waals surface area (Å²) < 4.78 is 42.6. The molecule has 0 radical (unpaired) electrons. The number of nitrogens with zero attached hydrogens (tertiary/aromatic N) is 2. The number of halogens is 3. The Morgan fingerprint density at radius 3 is 2.46 bits per heavy atom. The van der Waals surface area contributed by atoms with E-state index in [1.54, 1.807) is 24.1 Å². The third-order valence-electron chi connectivity index (χ3n) is 3.41. The van der Waals surface area contributed by atoms with Crippen LogP contribution < -0.4 is 15.0 Å². The van der Waals surface area contributed by atoms with Crippen LogP contribution in [-0.2, 0) is 11.0 Å². The number of amides is 1. The molecule has 26 heavy (non-hydrogen) atoms. The van der Waals surface area contributed by atoms with Gasteiger partial charge in [-0.2, -0.15) is 13.2 Å². The molecule has 0 fully saturated rings. The van der Waals surface area contributed by atoms with Crippen LogP contribution in [-0.4, -0.2) is 42.8 Å². The molecule has 0 aliphatic carbocycles. The summed E-state index contributed by atoms with van der Waals surface area (Å²) in [7, 11) is 1.77. The molecule has 0 unspecified atom stereocenters. The number of likely N-dealkylation sites (N-methyl/N-ethyl adjacent to an activating group) is 1. The number of rotatable bonds is 7. The molecule has 0 atom stereocenters. The lowest BCUT2D eigenvalue weighted by Gasteiger charge is -2.16. The van der Waals surface area contributed by atoms with Gasteiger partial charge in [0.15, 0.2) is 6.61 Å². The molecule has 0 saturated heterocycles. The van der Waals surface area contributed by atoms with E-state index in [1.165, 1.54) is 6.20 Å². The van der Waals surface area contributed by atoms with Crippen molar-refractivity contribution in [1.29, 1.82) is 0 Å². The van der Waals surface area contributed by atoms with Crippen molar-refractivity contribution in [3.8, 4) is 5.75 Å². The number of aliphatic hydroxyl groups is 1. The van der Waals surface area contributed by atoms with E-state index in [9.17, 15) is 18.0 Å². The predicted octanol–water partition coefficient (Wildman–Crippen LogP) is 2.55. The normalized spacial score (nSPS) is 11.1. The van der Waals surface area contributed by atoms with Gasteiger partial charge in [-0.1, -0.05) is 0 Å². The van der Waals surface area contributed by atoms with Crippen LogP contribution in [0.1, 0.15) is 5.56 Å². The molecule has 6 nitrogen and oxygen atoms in total. The Hall–Kier alpha value is -2.81. The molecule has 0 spiro atoms. The van der Waals surface area contributed by atoms with E-state index in [2.05, 4.69) is 10.3 Å². The van der Waals surface area contributed by atoms with Crippen LogP contribution in [0.4, 0.5) is 24.7 Å². The summed E-state index contributed by atoms with van der Waals surface area (Å²) in [5.74, 6) is 0.327. The maximum absolute atomic E-state index is 12.5. The van der Waals surface area contributed by atoms with Crippen LogP contribution >= 0.6 is 0 Å². The second kappa shape index (κ2) is 8.52. The van der Waals surface area contributed by atoms with Crippen molar-refractivity contribution in [1.82, 2.24) is 4.98 Å². The maximum atomic E-state index is 12.5. The molecule has 0 saturated carbocycles. The van der Waals surface area contributed by atoms with E-state index in [0.717, 1.165) is 24.3 Å². The minimum absolute atomic E-state index is 0.00203. The number of nitrogens with one attached hydrogen (secondary N) is 1. The van der Waals surface area contributed by atoms with Gasteiger partial charge in [0.1, 0.15) is 11.6 Å². The molecular weight excluding hydrogens is 351 g/mol. The quantitative estimate of drug-likeness (QED) is 0.785. The Bertz CT molecular complexity index is 719. The molecule has 1 heterocycles. The minimum atomic E-state index is -4.42. The van der Waals surface area contributed by atoms with Crippen LogP contribution in [0.15, 0.2) is 42.6 Å². The van der Waals surface area contributed by atoms with Crippen LogP contribution in [0.25, 0.3) is 0 Å². The average molecular weight is 369 g/mol. The number of ether oxygens (including phenoxy) is 1. The minimum Gasteiger partial charge on any atom is -0.484 e. The first-order valence-corrected chi connectivity index (χ1v) is 7.67. The first kappa shape index (κ1) is 19.5. The molecule has 0 aliphatic rings. The van der Waals surface area contributed by atoms with Crippen molar-refractivity contribution < 1.29 is 27.8 Å². The van der Waals surface area contributed by atoms with Crippen molar-refractivity contribution in [3.63, 3.8) is 0 Å². The van der Waals surface area contributed by atoms with E-state index in [4.69, 9.17) is 9.84 Å². The molecule has 140 valence electrons. The number of benzene rings is 1. The van der Waals surface area contributed by atoms with Gasteiger partial charge in [-0.3, -0.25) is 4.79 Å². The second-order valence-electron chi connectivity index (χ2n) is 5.41. The number of aliphatic hydroxyl groups excluding tert-OH is 1. The van der Waals surface area contributed by atoms with Crippen molar-refractivity contribution >= 4 is 17.4 Å². The van der Waals surface area contributed by atoms with Crippen molar-refractivity contribution in [2.75, 3.05) is 37.0 Å². The Morgan fingerprint density at radius 2 is 1.92 bits per heavy atom. The SMILES string of the molecule is CN(CCO)c1ccc(NC(=O)COc2ccc(C(F)(F)F)cc2)cn1. The molecule has 9 heteroatoms. The fourth-order valence-corrected chi connectivity index (χ4v) is 2.04. The highest BCUT2D eigenvalue weighted by Gasteiger charge is 2.30. The highest BCUT2D eigenvalue weighted by atomic mass is 19.4. The maximum Gasteiger partial charge on any atom is 0.416 e. The standard InChI is InChI=1S/C17H18F3N3O3/c1-23(8-9-24)15-7-4-13(10-21-15)22-16(25)11-26-14-5-2-12(3-6-14)17(18,19)20/h2-7,10,24H,8-9,11H2,1H3,(H,22,25). The first-order chi connectivity index (χ1) is 12.3. The molecule has 0 aliphatic heterocycles. The summed E-state index contributed by atoms with van der Waals surface area (Å²) in [5, 5.41) is 11.5. The van der Waals surface area contributed by atoms with Crippen LogP contribution in [0.3, 0.4) is 0 Å². The summed E-state index contributed by atoms with van der Waals surface area (Å²) in [6, 6.07) is 7.42. The Labute approximate surface area is 148 Å². The molecule has 0 bridgehead atoms. The zero-order chi connectivity index (χ0) is 19.2. The largest absolute Gasteiger partial charge is 0.484 e. The monoisotopic (exact) mass is 369 g/mol. The number of hydrogen-bond acceptors (Lipinski definition) is 5. The molecule has 1 aromatic heterocycles. The smallest absolute Gasteiger partial charge is 0.416 e. The Balaban J connectivity index is 1.85. The van der Waals surface area contributed by atoms with E-state index < -0.39 is 17.6 Å². The third-order valence-corrected chi connectivity index (χ3v) is 3.41. The zero-order valence-corrected chi connectivity index (χ0v) is 14.0. The second-order valence-corrected chi connectivity index (χ2v) is 5.41. The lowest BCUT2D eigenvalue weighted by Crippen LogP contribution is -2.23. The summed E-state index contributed by atoms with van der Waals surface area (Å²) >= 11 is 0. The summed E-state index contributed by atoms with van der Waals surface area (Å²) in [6.45, 7) is 0.0785. The Morgan fingerprint density at radius 1 is 1.23 bits per heavy atom. The first-order valence-electron chi connectivity index (χ1n) is 7.67. The summed E-state index contributed by atoms with van der Waals surface area (Å²) in [4.78, 5) is 17.7. The molecule has 1 aromatic carbocycles. The fraction of sp³-hybridized carbons (Fsp3) is 0.294. The summed E-state index contributed by atoms with van der Waals surface area (Å²) in [6.07, 6.45) is -2.96. The lowest BCUT2D eigenvalue weighted by atomic mass is 10.2. The number of aromatic nitrogens is 1. The van der Waals surface area contributed by atoms with Gasteiger partial charge in [0.25, 0.3) is 5.91 Å². The molecule has 2 N–H and O–H groups in total. The number of carbonyl (C=O) groups excluding carboxylic acids is 1. The van der Waals surface area contributed by atoms with Crippen molar-refractivity contribution in [2.24, 2.45) is 0 Å². The predicted molar refractivity (Wildman–Crippen MR) is 90.2 cm³/mol. The average Bonchev–Trinajstić information content (AvgIpc) is 2.60. The van der Waals surface area contributed by atoms with Gasteiger partial charge in [0.05, 0.1) is 24.1 Å². The third kappa shape index (κ3) is 5.62. The molecule has 2 rings (SSSR count). The molecular formula is C17H18F3N3O3. The van der Waals surface area contributed by atoms with Crippen LogP contribution in [0.5, 0.6) is 5.75 Å². The van der Waals surface area contributed by atoms with Gasteiger partial charge in [-0.05, 0) is 36.4 Å². The van der Waals surface area contributed by atoms with E-state index in [-0.39, 0.29) is 19.0 Å². The van der Waals surface area contributed by atoms with Gasteiger partial charge in [-0.25, -0.2) is 4.98 Å². The molecule has 1 amide bonds. The van der Waals surface area contributed by atoms with Crippen LogP contribution in [0, 0.1) is 0 Å². The van der Waals surface area contributed by atoms with Gasteiger partial charge >= 0.3 is 6.18 Å². The van der Waals surface area contributed by atoms with Gasteiger partial charge in [0.2, 0.25) is 0 Å². The number of pyridine rings is 1. The number of hydrogen-bond donors (Lipinski definition) is 2.